The molecule has 1 heterocycles. The normalized spacial score (nSPS) is 18.9. The molecule has 1 aliphatic rings. The van der Waals surface area contributed by atoms with Crippen molar-refractivity contribution in [2.24, 2.45) is 11.7 Å². The predicted molar refractivity (Wildman–Crippen MR) is 69.7 cm³/mol. The van der Waals surface area contributed by atoms with E-state index >= 15 is 0 Å². The fraction of sp³-hybridized carbons (Fsp3) is 0.385. The Morgan fingerprint density at radius 2 is 1.95 bits per heavy atom. The van der Waals surface area contributed by atoms with E-state index in [0.29, 0.717) is 6.42 Å². The molecule has 0 bridgehead atoms. The van der Waals surface area contributed by atoms with Gasteiger partial charge >= 0.3 is 6.18 Å². The molecule has 8 heteroatoms. The monoisotopic (exact) mass is 320 g/mol. The number of rotatable bonds is 2. The van der Waals surface area contributed by atoms with Crippen LogP contribution in [0.3, 0.4) is 0 Å². The van der Waals surface area contributed by atoms with Gasteiger partial charge in [0.1, 0.15) is 0 Å². The molecule has 2 amide bonds. The van der Waals surface area contributed by atoms with Gasteiger partial charge in [0.15, 0.2) is 0 Å². The van der Waals surface area contributed by atoms with Gasteiger partial charge in [0, 0.05) is 23.7 Å². The quantitative estimate of drug-likeness (QED) is 0.909. The predicted octanol–water partition coefficient (Wildman–Crippen LogP) is 2.31. The maximum Gasteiger partial charge on any atom is 0.416 e. The standard InChI is InChI=1S/C13H12ClF3N2O2/c14-10-4-8(3-9(5-10)13(15,16)17)12(21)19-2-1-7(6-19)11(18)20/h3-5,7H,1-2,6H2,(H2,18,20)/t7-/m0/s1. The van der Waals surface area contributed by atoms with Crippen LogP contribution in [0.25, 0.3) is 0 Å². The van der Waals surface area contributed by atoms with Crippen LogP contribution in [0, 0.1) is 5.92 Å². The van der Waals surface area contributed by atoms with Crippen molar-refractivity contribution in [2.45, 2.75) is 12.6 Å². The van der Waals surface area contributed by atoms with E-state index in [1.54, 1.807) is 0 Å². The molecule has 2 rings (SSSR count). The Balaban J connectivity index is 2.24. The topological polar surface area (TPSA) is 63.4 Å². The number of nitrogens with zero attached hydrogens (tertiary/aromatic N) is 1. The second-order valence-corrected chi connectivity index (χ2v) is 5.30. The lowest BCUT2D eigenvalue weighted by Gasteiger charge is -2.17. The van der Waals surface area contributed by atoms with Crippen LogP contribution in [0.15, 0.2) is 18.2 Å². The smallest absolute Gasteiger partial charge is 0.369 e. The molecular formula is C13H12ClF3N2O2. The maximum absolute atomic E-state index is 12.7. The molecule has 1 saturated heterocycles. The van der Waals surface area contributed by atoms with Crippen molar-refractivity contribution in [3.63, 3.8) is 0 Å². The molecule has 1 aromatic carbocycles. The van der Waals surface area contributed by atoms with Crippen LogP contribution in [0.5, 0.6) is 0 Å². The van der Waals surface area contributed by atoms with Crippen LogP contribution in [0.1, 0.15) is 22.3 Å². The lowest BCUT2D eigenvalue weighted by molar-refractivity contribution is -0.137. The first-order valence-corrected chi connectivity index (χ1v) is 6.52. The van der Waals surface area contributed by atoms with Gasteiger partial charge in [0.25, 0.3) is 5.91 Å². The Hall–Kier alpha value is -1.76. The van der Waals surface area contributed by atoms with E-state index in [9.17, 15) is 22.8 Å². The number of hydrogen-bond donors (Lipinski definition) is 1. The summed E-state index contributed by atoms with van der Waals surface area (Å²) in [6.07, 6.45) is -4.17. The Labute approximate surface area is 123 Å². The van der Waals surface area contributed by atoms with Crippen molar-refractivity contribution in [1.29, 1.82) is 0 Å². The van der Waals surface area contributed by atoms with Crippen LogP contribution in [-0.4, -0.2) is 29.8 Å². The minimum Gasteiger partial charge on any atom is -0.369 e. The van der Waals surface area contributed by atoms with Crippen LogP contribution < -0.4 is 5.73 Å². The lowest BCUT2D eigenvalue weighted by atomic mass is 10.1. The molecule has 0 radical (unpaired) electrons. The maximum atomic E-state index is 12.7. The van der Waals surface area contributed by atoms with Crippen LogP contribution in [-0.2, 0) is 11.0 Å². The van der Waals surface area contributed by atoms with Crippen molar-refractivity contribution < 1.29 is 22.8 Å². The van der Waals surface area contributed by atoms with Crippen LogP contribution >= 0.6 is 11.6 Å². The number of alkyl halides is 3. The minimum atomic E-state index is -4.58. The molecule has 114 valence electrons. The first-order valence-electron chi connectivity index (χ1n) is 6.15. The van der Waals surface area contributed by atoms with Crippen molar-refractivity contribution in [3.05, 3.63) is 34.3 Å². The summed E-state index contributed by atoms with van der Waals surface area (Å²) >= 11 is 5.64. The molecule has 0 spiro atoms. The number of hydrogen-bond acceptors (Lipinski definition) is 2. The van der Waals surface area contributed by atoms with Gasteiger partial charge < -0.3 is 10.6 Å². The summed E-state index contributed by atoms with van der Waals surface area (Å²) in [5.41, 5.74) is 4.02. The number of carbonyl (C=O) groups excluding carboxylic acids is 2. The first-order chi connectivity index (χ1) is 9.68. The highest BCUT2D eigenvalue weighted by Crippen LogP contribution is 2.32. The van der Waals surface area contributed by atoms with Gasteiger partial charge in [0.2, 0.25) is 5.91 Å². The first kappa shape index (κ1) is 15.6. The third-order valence-corrected chi connectivity index (χ3v) is 3.57. The zero-order chi connectivity index (χ0) is 15.8. The molecule has 0 aromatic heterocycles. The SMILES string of the molecule is NC(=O)[C@H]1CCN(C(=O)c2cc(Cl)cc(C(F)(F)F)c2)C1. The highest BCUT2D eigenvalue weighted by atomic mass is 35.5. The molecule has 1 fully saturated rings. The van der Waals surface area contributed by atoms with Crippen molar-refractivity contribution in [2.75, 3.05) is 13.1 Å². The number of nitrogens with two attached hydrogens (primary N) is 1. The van der Waals surface area contributed by atoms with E-state index in [1.165, 1.54) is 11.0 Å². The van der Waals surface area contributed by atoms with Crippen molar-refractivity contribution >= 4 is 23.4 Å². The number of likely N-dealkylation sites (tertiary alicyclic amines) is 1. The average molecular weight is 321 g/mol. The molecule has 21 heavy (non-hydrogen) atoms. The molecule has 1 aliphatic heterocycles. The number of benzene rings is 1. The van der Waals surface area contributed by atoms with Gasteiger partial charge in [-0.25, -0.2) is 0 Å². The van der Waals surface area contributed by atoms with Crippen LogP contribution in [0.2, 0.25) is 5.02 Å². The zero-order valence-corrected chi connectivity index (χ0v) is 11.5. The Morgan fingerprint density at radius 3 is 2.48 bits per heavy atom. The highest BCUT2D eigenvalue weighted by molar-refractivity contribution is 6.31. The van der Waals surface area contributed by atoms with Gasteiger partial charge in [-0.05, 0) is 24.6 Å². The summed E-state index contributed by atoms with van der Waals surface area (Å²) in [5.74, 6) is -1.57. The van der Waals surface area contributed by atoms with Gasteiger partial charge in [-0.3, -0.25) is 9.59 Å². The van der Waals surface area contributed by atoms with Gasteiger partial charge in [-0.2, -0.15) is 13.2 Å². The minimum absolute atomic E-state index is 0.113. The summed E-state index contributed by atoms with van der Waals surface area (Å²) in [6, 6.07) is 2.69. The van der Waals surface area contributed by atoms with Crippen molar-refractivity contribution in [1.82, 2.24) is 4.90 Å². The summed E-state index contributed by atoms with van der Waals surface area (Å²) in [4.78, 5) is 24.6. The molecule has 4 nitrogen and oxygen atoms in total. The second-order valence-electron chi connectivity index (χ2n) is 4.87. The zero-order valence-electron chi connectivity index (χ0n) is 10.8. The molecule has 0 saturated carbocycles. The molecule has 1 atom stereocenters. The number of primary amides is 1. The Bertz CT molecular complexity index is 589. The van der Waals surface area contributed by atoms with Gasteiger partial charge in [-0.15, -0.1) is 0 Å². The number of carbonyl (C=O) groups is 2. The van der Waals surface area contributed by atoms with E-state index in [1.807, 2.05) is 0 Å². The van der Waals surface area contributed by atoms with Crippen molar-refractivity contribution in [3.8, 4) is 0 Å². The van der Waals surface area contributed by atoms with E-state index < -0.39 is 29.5 Å². The Morgan fingerprint density at radius 1 is 1.29 bits per heavy atom. The molecule has 0 unspecified atom stereocenters. The summed E-state index contributed by atoms with van der Waals surface area (Å²) < 4.78 is 38.1. The molecule has 0 aliphatic carbocycles. The third-order valence-electron chi connectivity index (χ3n) is 3.35. The van der Waals surface area contributed by atoms with E-state index in [-0.39, 0.29) is 23.7 Å². The second kappa shape index (κ2) is 5.55. The highest BCUT2D eigenvalue weighted by Gasteiger charge is 2.34. The van der Waals surface area contributed by atoms with E-state index in [0.717, 1.165) is 12.1 Å². The lowest BCUT2D eigenvalue weighted by Crippen LogP contribution is -2.31. The largest absolute Gasteiger partial charge is 0.416 e. The van der Waals surface area contributed by atoms with E-state index in [4.69, 9.17) is 17.3 Å². The number of amides is 2. The fourth-order valence-corrected chi connectivity index (χ4v) is 2.47. The average Bonchev–Trinajstić information content (AvgIpc) is 2.85. The summed E-state index contributed by atoms with van der Waals surface area (Å²) in [5, 5.41) is -0.168. The van der Waals surface area contributed by atoms with Gasteiger partial charge in [0.05, 0.1) is 11.5 Å². The number of halogens is 4. The van der Waals surface area contributed by atoms with Gasteiger partial charge in [-0.1, -0.05) is 11.6 Å². The molecular weight excluding hydrogens is 309 g/mol. The molecule has 1 aromatic rings. The van der Waals surface area contributed by atoms with Crippen LogP contribution in [0.4, 0.5) is 13.2 Å². The third kappa shape index (κ3) is 3.47. The molecule has 2 N–H and O–H groups in total. The summed E-state index contributed by atoms with van der Waals surface area (Å²) in [6.45, 7) is 0.391. The summed E-state index contributed by atoms with van der Waals surface area (Å²) in [7, 11) is 0. The Kier molecular flexibility index (Phi) is 4.13. The fourth-order valence-electron chi connectivity index (χ4n) is 2.24. The van der Waals surface area contributed by atoms with E-state index in [2.05, 4.69) is 0 Å².